The first kappa shape index (κ1) is 35.3. The summed E-state index contributed by atoms with van der Waals surface area (Å²) >= 11 is 1.47. The van der Waals surface area contributed by atoms with Gasteiger partial charge in [-0.3, -0.25) is 19.9 Å². The van der Waals surface area contributed by atoms with E-state index in [1.54, 1.807) is 12.1 Å². The van der Waals surface area contributed by atoms with Gasteiger partial charge >= 0.3 is 11.9 Å². The molecule has 7 atom stereocenters. The maximum atomic E-state index is 14.7. The van der Waals surface area contributed by atoms with E-state index in [2.05, 4.69) is 10.2 Å². The van der Waals surface area contributed by atoms with Gasteiger partial charge in [0.15, 0.2) is 40.0 Å². The van der Waals surface area contributed by atoms with Crippen LogP contribution in [0.15, 0.2) is 18.2 Å². The molecule has 0 aromatic heterocycles. The Labute approximate surface area is 316 Å². The Morgan fingerprint density at radius 3 is 2.54 bits per heavy atom. The molecule has 286 valence electrons. The summed E-state index contributed by atoms with van der Waals surface area (Å²) in [5, 5.41) is 38.2. The molecule has 4 N–H and O–H groups in total. The van der Waals surface area contributed by atoms with Crippen molar-refractivity contribution < 1.29 is 53.3 Å². The lowest BCUT2D eigenvalue weighted by molar-refractivity contribution is -0.186. The number of ether oxygens (including phenoxy) is 6. The molecule has 1 spiro atoms. The normalized spacial score (nSPS) is 29.4. The van der Waals surface area contributed by atoms with Crippen LogP contribution in [-0.2, 0) is 32.7 Å². The number of aromatic hydroxyl groups is 2. The summed E-state index contributed by atoms with van der Waals surface area (Å²) in [6.07, 6.45) is -0.0282. The second-order valence-electron chi connectivity index (χ2n) is 14.9. The SMILES string of the molecule is COc1cc2c(cc1O)CCN[C@@]21CS[C@@H]2c3c(OC(C)=O)c(C)c4c(c3[C@@H](COC1=O)N1C2[C@@H]2c3c(cc(C)c(OC)c3O)C[C@@H]([C@@H]1O)N2C)OCO4. The first-order valence-electron chi connectivity index (χ1n) is 18.1. The molecule has 1 unspecified atom stereocenters. The highest BCUT2D eigenvalue weighted by Gasteiger charge is 2.61. The van der Waals surface area contributed by atoms with Crippen molar-refractivity contribution >= 4 is 23.7 Å². The summed E-state index contributed by atoms with van der Waals surface area (Å²) in [5.41, 5.74) is 4.36. The van der Waals surface area contributed by atoms with Crippen LogP contribution in [0.2, 0.25) is 0 Å². The minimum atomic E-state index is -1.36. The van der Waals surface area contributed by atoms with Crippen LogP contribution in [-0.4, -0.2) is 102 Å². The highest BCUT2D eigenvalue weighted by atomic mass is 32.2. The molecule has 0 amide bonds. The number of aryl methyl sites for hydroxylation is 1. The number of hydrogen-bond donors (Lipinski definition) is 4. The molecule has 0 aliphatic carbocycles. The summed E-state index contributed by atoms with van der Waals surface area (Å²) in [6, 6.07) is 3.13. The number of hydrogen-bond acceptors (Lipinski definition) is 15. The highest BCUT2D eigenvalue weighted by Crippen LogP contribution is 2.64. The van der Waals surface area contributed by atoms with E-state index in [4.69, 9.17) is 28.4 Å². The lowest BCUT2D eigenvalue weighted by atomic mass is 9.73. The van der Waals surface area contributed by atoms with Crippen LogP contribution in [0.3, 0.4) is 0 Å². The topological polar surface area (TPSA) is 169 Å². The quantitative estimate of drug-likeness (QED) is 0.226. The van der Waals surface area contributed by atoms with Crippen LogP contribution in [0.1, 0.15) is 68.8 Å². The van der Waals surface area contributed by atoms with Crippen LogP contribution in [0.5, 0.6) is 40.2 Å². The molecule has 2 fully saturated rings. The van der Waals surface area contributed by atoms with E-state index in [0.29, 0.717) is 70.2 Å². The zero-order chi connectivity index (χ0) is 38.0. The van der Waals surface area contributed by atoms with Gasteiger partial charge in [0, 0.05) is 47.5 Å². The standard InChI is InChI=1S/C39H43N3O11S/c1-16-9-20-10-22-37(46)42-23-13-50-38(47)39(21-12-25(48-5)24(44)11-19(21)7-8-40-39)14-54-36(30(42)29(41(22)4)26(20)31(45)32(16)49-6)28-27(23)35-34(51-15-52-35)17(2)33(28)53-18(3)43/h9,11-12,22-23,29-30,36-37,40,44-46H,7-8,10,13-15H2,1-6H3/t22-,23+,29-,30?,36+,37-,39-/m0/s1. The van der Waals surface area contributed by atoms with Crippen molar-refractivity contribution in [2.45, 2.75) is 74.8 Å². The molecule has 3 aromatic carbocycles. The maximum Gasteiger partial charge on any atom is 0.331 e. The molecule has 54 heavy (non-hydrogen) atoms. The van der Waals surface area contributed by atoms with E-state index >= 15 is 0 Å². The number of nitrogens with zero attached hydrogens (tertiary/aromatic N) is 2. The fraction of sp³-hybridized carbons (Fsp3) is 0.487. The summed E-state index contributed by atoms with van der Waals surface area (Å²) in [4.78, 5) is 31.7. The second-order valence-corrected chi connectivity index (χ2v) is 16.1. The first-order valence-corrected chi connectivity index (χ1v) is 19.1. The van der Waals surface area contributed by atoms with Gasteiger partial charge < -0.3 is 43.7 Å². The lowest BCUT2D eigenvalue weighted by Gasteiger charge is -2.62. The van der Waals surface area contributed by atoms with Gasteiger partial charge in [0.1, 0.15) is 18.6 Å². The van der Waals surface area contributed by atoms with Crippen LogP contribution < -0.4 is 29.0 Å². The molecule has 7 aliphatic heterocycles. The van der Waals surface area contributed by atoms with Crippen molar-refractivity contribution in [3.05, 3.63) is 62.7 Å². The average molecular weight is 762 g/mol. The third kappa shape index (κ3) is 4.74. The molecule has 15 heteroatoms. The fourth-order valence-corrected chi connectivity index (χ4v) is 11.7. The number of rotatable bonds is 3. The summed E-state index contributed by atoms with van der Waals surface area (Å²) in [6.45, 7) is 5.26. The monoisotopic (exact) mass is 761 g/mol. The minimum absolute atomic E-state index is 0.0226. The van der Waals surface area contributed by atoms with Crippen molar-refractivity contribution in [3.63, 3.8) is 0 Å². The maximum absolute atomic E-state index is 14.7. The fourth-order valence-electron chi connectivity index (χ4n) is 10.00. The summed E-state index contributed by atoms with van der Waals surface area (Å²) in [5.74, 6) is 0.949. The predicted octanol–water partition coefficient (Wildman–Crippen LogP) is 3.41. The summed E-state index contributed by atoms with van der Waals surface area (Å²) < 4.78 is 35.9. The predicted molar refractivity (Wildman–Crippen MR) is 195 cm³/mol. The van der Waals surface area contributed by atoms with Gasteiger partial charge in [-0.15, -0.1) is 11.8 Å². The number of thioether (sulfide) groups is 1. The lowest BCUT2D eigenvalue weighted by Crippen LogP contribution is -2.70. The van der Waals surface area contributed by atoms with Gasteiger partial charge in [-0.25, -0.2) is 4.79 Å². The number of methoxy groups -OCH3 is 2. The zero-order valence-corrected chi connectivity index (χ0v) is 31.7. The number of benzene rings is 3. The summed E-state index contributed by atoms with van der Waals surface area (Å²) in [7, 11) is 4.96. The molecule has 7 aliphatic rings. The molecule has 4 bridgehead atoms. The van der Waals surface area contributed by atoms with E-state index < -0.39 is 47.1 Å². The Kier molecular flexibility index (Phi) is 8.21. The number of esters is 2. The molecule has 7 heterocycles. The van der Waals surface area contributed by atoms with E-state index in [-0.39, 0.29) is 42.4 Å². The highest BCUT2D eigenvalue weighted by molar-refractivity contribution is 7.99. The number of carbonyl (C=O) groups is 2. The van der Waals surface area contributed by atoms with Gasteiger partial charge in [-0.1, -0.05) is 6.07 Å². The molecular weight excluding hydrogens is 719 g/mol. The number of aliphatic hydroxyl groups excluding tert-OH is 1. The van der Waals surface area contributed by atoms with Gasteiger partial charge in [-0.05, 0) is 68.1 Å². The molecule has 0 radical (unpaired) electrons. The van der Waals surface area contributed by atoms with Gasteiger partial charge in [-0.2, -0.15) is 0 Å². The van der Waals surface area contributed by atoms with E-state index in [1.807, 2.05) is 31.9 Å². The zero-order valence-electron chi connectivity index (χ0n) is 30.8. The number of phenols is 2. The first-order chi connectivity index (χ1) is 25.9. The number of likely N-dealkylation sites (N-methyl/N-ethyl adjacent to an activating group) is 1. The van der Waals surface area contributed by atoms with Crippen LogP contribution >= 0.6 is 11.8 Å². The van der Waals surface area contributed by atoms with Crippen LogP contribution in [0.4, 0.5) is 0 Å². The molecule has 10 rings (SSSR count). The molecule has 0 saturated carbocycles. The van der Waals surface area contributed by atoms with Crippen molar-refractivity contribution in [2.24, 2.45) is 0 Å². The Morgan fingerprint density at radius 1 is 1.02 bits per heavy atom. The Balaban J connectivity index is 1.32. The van der Waals surface area contributed by atoms with Crippen molar-refractivity contribution in [1.29, 1.82) is 0 Å². The Morgan fingerprint density at radius 2 is 1.80 bits per heavy atom. The molecule has 2 saturated heterocycles. The number of aliphatic hydroxyl groups is 1. The molecule has 3 aromatic rings. The second kappa shape index (κ2) is 12.6. The van der Waals surface area contributed by atoms with Gasteiger partial charge in [0.05, 0.1) is 37.6 Å². The Hall–Kier alpha value is -4.41. The van der Waals surface area contributed by atoms with Crippen LogP contribution in [0, 0.1) is 13.8 Å². The van der Waals surface area contributed by atoms with Crippen molar-refractivity contribution in [2.75, 3.05) is 47.0 Å². The molecular formula is C39H43N3O11S. The smallest absolute Gasteiger partial charge is 0.331 e. The number of nitrogens with one attached hydrogen (secondary N) is 1. The van der Waals surface area contributed by atoms with Gasteiger partial charge in [0.25, 0.3) is 0 Å². The number of fused-ring (bicyclic) bond motifs is 9. The van der Waals surface area contributed by atoms with E-state index in [1.165, 1.54) is 32.9 Å². The average Bonchev–Trinajstić information content (AvgIpc) is 3.63. The third-order valence-corrected chi connectivity index (χ3v) is 13.7. The Bertz CT molecular complexity index is 2130. The van der Waals surface area contributed by atoms with E-state index in [9.17, 15) is 24.9 Å². The minimum Gasteiger partial charge on any atom is -0.504 e. The van der Waals surface area contributed by atoms with E-state index in [0.717, 1.165) is 16.7 Å². The number of carbonyl (C=O) groups excluding carboxylic acids is 2. The largest absolute Gasteiger partial charge is 0.504 e. The number of phenolic OH excluding ortho intramolecular Hbond substituents is 2. The van der Waals surface area contributed by atoms with Crippen molar-refractivity contribution in [1.82, 2.24) is 15.1 Å². The number of piperazine rings is 1. The third-order valence-electron chi connectivity index (χ3n) is 12.3. The van der Waals surface area contributed by atoms with Gasteiger partial charge in [0.2, 0.25) is 6.79 Å². The van der Waals surface area contributed by atoms with Crippen LogP contribution in [0.25, 0.3) is 0 Å². The molecule has 14 nitrogen and oxygen atoms in total. The van der Waals surface area contributed by atoms with Crippen molar-refractivity contribution in [3.8, 4) is 40.2 Å².